The number of hydrogen-bond donors (Lipinski definition) is 2. The summed E-state index contributed by atoms with van der Waals surface area (Å²) >= 11 is 5.73. The SMILES string of the molecule is O=C(O)C1CCC(C(=O)Nc2ccc(Cl)cc2)O1. The fourth-order valence-corrected chi connectivity index (χ4v) is 1.89. The van der Waals surface area contributed by atoms with Crippen molar-refractivity contribution in [2.24, 2.45) is 0 Å². The zero-order valence-corrected chi connectivity index (χ0v) is 10.2. The molecule has 2 atom stereocenters. The van der Waals surface area contributed by atoms with Crippen LogP contribution in [0.15, 0.2) is 24.3 Å². The van der Waals surface area contributed by atoms with E-state index in [1.165, 1.54) is 0 Å². The molecule has 1 amide bonds. The molecule has 1 aliphatic heterocycles. The number of carbonyl (C=O) groups excluding carboxylic acids is 1. The fraction of sp³-hybridized carbons (Fsp3) is 0.333. The molecule has 2 rings (SSSR count). The van der Waals surface area contributed by atoms with Crippen LogP contribution in [0.3, 0.4) is 0 Å². The normalized spacial score (nSPS) is 22.7. The Morgan fingerprint density at radius 3 is 2.39 bits per heavy atom. The van der Waals surface area contributed by atoms with E-state index in [1.54, 1.807) is 24.3 Å². The summed E-state index contributed by atoms with van der Waals surface area (Å²) in [5, 5.41) is 12.0. The van der Waals surface area contributed by atoms with Crippen LogP contribution in [-0.2, 0) is 14.3 Å². The van der Waals surface area contributed by atoms with Crippen LogP contribution in [0.25, 0.3) is 0 Å². The lowest BCUT2D eigenvalue weighted by Gasteiger charge is -2.11. The van der Waals surface area contributed by atoms with Gasteiger partial charge in [0.15, 0.2) is 6.10 Å². The number of carbonyl (C=O) groups is 2. The second-order valence-corrected chi connectivity index (χ2v) is 4.46. The van der Waals surface area contributed by atoms with Gasteiger partial charge in [-0.15, -0.1) is 0 Å². The first-order valence-electron chi connectivity index (χ1n) is 5.51. The van der Waals surface area contributed by atoms with Gasteiger partial charge in [-0.2, -0.15) is 0 Å². The molecule has 0 radical (unpaired) electrons. The van der Waals surface area contributed by atoms with Gasteiger partial charge in [0.1, 0.15) is 6.10 Å². The van der Waals surface area contributed by atoms with Gasteiger partial charge in [0.25, 0.3) is 5.91 Å². The third kappa shape index (κ3) is 3.00. The molecule has 1 saturated heterocycles. The number of aliphatic carboxylic acids is 1. The number of halogens is 1. The highest BCUT2D eigenvalue weighted by atomic mass is 35.5. The van der Waals surface area contributed by atoms with E-state index in [0.717, 1.165) is 0 Å². The quantitative estimate of drug-likeness (QED) is 0.879. The first kappa shape index (κ1) is 12.9. The van der Waals surface area contributed by atoms with Crippen LogP contribution in [0.1, 0.15) is 12.8 Å². The van der Waals surface area contributed by atoms with Gasteiger partial charge in [0.2, 0.25) is 0 Å². The average molecular weight is 270 g/mol. The number of ether oxygens (including phenoxy) is 1. The molecule has 1 aromatic rings. The van der Waals surface area contributed by atoms with Crippen LogP contribution in [0.2, 0.25) is 5.02 Å². The summed E-state index contributed by atoms with van der Waals surface area (Å²) in [6, 6.07) is 6.66. The summed E-state index contributed by atoms with van der Waals surface area (Å²) in [5.74, 6) is -1.36. The van der Waals surface area contributed by atoms with Crippen molar-refractivity contribution >= 4 is 29.2 Å². The number of hydrogen-bond acceptors (Lipinski definition) is 3. The van der Waals surface area contributed by atoms with Gasteiger partial charge in [-0.25, -0.2) is 4.79 Å². The van der Waals surface area contributed by atoms with Crippen molar-refractivity contribution in [2.45, 2.75) is 25.0 Å². The molecule has 1 aromatic carbocycles. The lowest BCUT2D eigenvalue weighted by atomic mass is 10.2. The largest absolute Gasteiger partial charge is 0.479 e. The number of rotatable bonds is 3. The Labute approximate surface area is 109 Å². The zero-order valence-electron chi connectivity index (χ0n) is 9.43. The third-order valence-electron chi connectivity index (χ3n) is 2.70. The minimum absolute atomic E-state index is 0.332. The van der Waals surface area contributed by atoms with Gasteiger partial charge < -0.3 is 15.2 Å². The van der Waals surface area contributed by atoms with E-state index in [1.807, 2.05) is 0 Å². The van der Waals surface area contributed by atoms with Crippen molar-refractivity contribution in [1.82, 2.24) is 0 Å². The predicted molar refractivity (Wildman–Crippen MR) is 65.6 cm³/mol. The Hall–Kier alpha value is -1.59. The maximum Gasteiger partial charge on any atom is 0.332 e. The smallest absolute Gasteiger partial charge is 0.332 e. The minimum Gasteiger partial charge on any atom is -0.479 e. The number of carboxylic acid groups (broad SMARTS) is 1. The average Bonchev–Trinajstić information content (AvgIpc) is 2.81. The molecular formula is C12H12ClNO4. The minimum atomic E-state index is -1.03. The van der Waals surface area contributed by atoms with Gasteiger partial charge >= 0.3 is 5.97 Å². The van der Waals surface area contributed by atoms with E-state index >= 15 is 0 Å². The maximum absolute atomic E-state index is 11.8. The first-order chi connectivity index (χ1) is 8.56. The highest BCUT2D eigenvalue weighted by Gasteiger charge is 2.34. The molecule has 0 bridgehead atoms. The predicted octanol–water partition coefficient (Wildman–Crippen LogP) is 1.91. The Bertz CT molecular complexity index is 460. The molecule has 5 nitrogen and oxygen atoms in total. The summed E-state index contributed by atoms with van der Waals surface area (Å²) < 4.78 is 5.14. The Morgan fingerprint density at radius 2 is 1.83 bits per heavy atom. The standard InChI is InChI=1S/C12H12ClNO4/c13-7-1-3-8(4-2-7)14-11(15)9-5-6-10(18-9)12(16)17/h1-4,9-10H,5-6H2,(H,14,15)(H,16,17). The molecule has 6 heteroatoms. The molecule has 2 N–H and O–H groups in total. The molecule has 1 aliphatic rings. The van der Waals surface area contributed by atoms with Crippen LogP contribution in [0, 0.1) is 0 Å². The van der Waals surface area contributed by atoms with Crippen LogP contribution in [0.4, 0.5) is 5.69 Å². The Kier molecular flexibility index (Phi) is 3.84. The van der Waals surface area contributed by atoms with Crippen molar-refractivity contribution in [3.63, 3.8) is 0 Å². The van der Waals surface area contributed by atoms with Crippen LogP contribution in [-0.4, -0.2) is 29.2 Å². The number of anilines is 1. The van der Waals surface area contributed by atoms with E-state index in [-0.39, 0.29) is 5.91 Å². The van der Waals surface area contributed by atoms with Crippen LogP contribution in [0.5, 0.6) is 0 Å². The van der Waals surface area contributed by atoms with E-state index in [9.17, 15) is 9.59 Å². The summed E-state index contributed by atoms with van der Waals surface area (Å²) in [4.78, 5) is 22.5. The first-order valence-corrected chi connectivity index (χ1v) is 5.89. The molecule has 1 heterocycles. The van der Waals surface area contributed by atoms with Crippen LogP contribution >= 0.6 is 11.6 Å². The molecule has 0 spiro atoms. The van der Waals surface area contributed by atoms with E-state index in [0.29, 0.717) is 23.6 Å². The van der Waals surface area contributed by atoms with Crippen molar-refractivity contribution in [3.05, 3.63) is 29.3 Å². The number of amides is 1. The molecule has 96 valence electrons. The summed E-state index contributed by atoms with van der Waals surface area (Å²) in [7, 11) is 0. The molecule has 18 heavy (non-hydrogen) atoms. The molecule has 0 saturated carbocycles. The third-order valence-corrected chi connectivity index (χ3v) is 2.95. The second-order valence-electron chi connectivity index (χ2n) is 4.03. The van der Waals surface area contributed by atoms with Crippen molar-refractivity contribution in [2.75, 3.05) is 5.32 Å². The monoisotopic (exact) mass is 269 g/mol. The number of carboxylic acids is 1. The maximum atomic E-state index is 11.8. The van der Waals surface area contributed by atoms with Gasteiger partial charge in [0, 0.05) is 10.7 Å². The van der Waals surface area contributed by atoms with Crippen molar-refractivity contribution in [1.29, 1.82) is 0 Å². The van der Waals surface area contributed by atoms with Gasteiger partial charge in [-0.3, -0.25) is 4.79 Å². The number of nitrogens with one attached hydrogen (secondary N) is 1. The van der Waals surface area contributed by atoms with E-state index in [4.69, 9.17) is 21.4 Å². The van der Waals surface area contributed by atoms with E-state index in [2.05, 4.69) is 5.32 Å². The summed E-state index contributed by atoms with van der Waals surface area (Å²) in [6.07, 6.45) is -0.822. The lowest BCUT2D eigenvalue weighted by molar-refractivity contribution is -0.150. The number of benzene rings is 1. The highest BCUT2D eigenvalue weighted by Crippen LogP contribution is 2.21. The molecule has 2 unspecified atom stereocenters. The van der Waals surface area contributed by atoms with Crippen LogP contribution < -0.4 is 5.32 Å². The zero-order chi connectivity index (χ0) is 13.1. The van der Waals surface area contributed by atoms with E-state index < -0.39 is 18.2 Å². The topological polar surface area (TPSA) is 75.6 Å². The Balaban J connectivity index is 1.93. The summed E-state index contributed by atoms with van der Waals surface area (Å²) in [6.45, 7) is 0. The molecule has 0 aromatic heterocycles. The molecule has 1 fully saturated rings. The summed E-state index contributed by atoms with van der Waals surface area (Å²) in [5.41, 5.74) is 0.603. The second kappa shape index (κ2) is 5.37. The van der Waals surface area contributed by atoms with Gasteiger partial charge in [-0.05, 0) is 37.1 Å². The van der Waals surface area contributed by atoms with Crippen molar-refractivity contribution in [3.8, 4) is 0 Å². The lowest BCUT2D eigenvalue weighted by Crippen LogP contribution is -2.29. The van der Waals surface area contributed by atoms with Crippen molar-refractivity contribution < 1.29 is 19.4 Å². The molecular weight excluding hydrogens is 258 g/mol. The Morgan fingerprint density at radius 1 is 1.22 bits per heavy atom. The fourth-order valence-electron chi connectivity index (χ4n) is 1.77. The highest BCUT2D eigenvalue weighted by molar-refractivity contribution is 6.30. The molecule has 0 aliphatic carbocycles. The van der Waals surface area contributed by atoms with Gasteiger partial charge in [0.05, 0.1) is 0 Å². The van der Waals surface area contributed by atoms with Gasteiger partial charge in [-0.1, -0.05) is 11.6 Å².